The van der Waals surface area contributed by atoms with Gasteiger partial charge in [-0.15, -0.1) is 0 Å². The summed E-state index contributed by atoms with van der Waals surface area (Å²) in [5.41, 5.74) is 6.47. The Balaban J connectivity index is 2.67. The van der Waals surface area contributed by atoms with Gasteiger partial charge in [-0.3, -0.25) is 9.59 Å². The molecule has 102 valence electrons. The minimum atomic E-state index is -1.15. The van der Waals surface area contributed by atoms with E-state index in [2.05, 4.69) is 10.1 Å². The van der Waals surface area contributed by atoms with Crippen molar-refractivity contribution in [2.75, 3.05) is 18.5 Å². The zero-order valence-electron chi connectivity index (χ0n) is 10.3. The molecule has 0 radical (unpaired) electrons. The molecule has 0 aliphatic heterocycles. The van der Waals surface area contributed by atoms with Crippen LogP contribution in [0.2, 0.25) is 0 Å². The summed E-state index contributed by atoms with van der Waals surface area (Å²) in [5.74, 6) is -2.25. The van der Waals surface area contributed by atoms with Gasteiger partial charge in [0.15, 0.2) is 0 Å². The quantitative estimate of drug-likeness (QED) is 0.676. The van der Waals surface area contributed by atoms with E-state index in [1.165, 1.54) is 0 Å². The Kier molecular flexibility index (Phi) is 5.01. The van der Waals surface area contributed by atoms with E-state index in [1.807, 2.05) is 0 Å². The van der Waals surface area contributed by atoms with Crippen LogP contribution in [-0.4, -0.2) is 36.1 Å². The standard InChI is InChI=1S/C12H14N2O5/c1-7-8(12(13)18)3-2-4-9(7)14-10(15)5-19-6-11(16)17/h2-4H,5-6H2,1H3,(H2,13,18)(H,14,15)(H,16,17). The second-order valence-corrected chi connectivity index (χ2v) is 3.78. The molecule has 7 heteroatoms. The van der Waals surface area contributed by atoms with Crippen molar-refractivity contribution >= 4 is 23.5 Å². The predicted octanol–water partition coefficient (Wildman–Crippen LogP) is 0.134. The molecule has 0 heterocycles. The highest BCUT2D eigenvalue weighted by Gasteiger charge is 2.11. The van der Waals surface area contributed by atoms with Crippen LogP contribution < -0.4 is 11.1 Å². The molecule has 0 spiro atoms. The third-order valence-corrected chi connectivity index (χ3v) is 2.33. The SMILES string of the molecule is Cc1c(NC(=O)COCC(=O)O)cccc1C(N)=O. The van der Waals surface area contributed by atoms with Gasteiger partial charge in [-0.2, -0.15) is 0 Å². The van der Waals surface area contributed by atoms with Gasteiger partial charge >= 0.3 is 5.97 Å². The number of ether oxygens (including phenoxy) is 1. The summed E-state index contributed by atoms with van der Waals surface area (Å²) >= 11 is 0. The largest absolute Gasteiger partial charge is 0.480 e. The van der Waals surface area contributed by atoms with Crippen LogP contribution in [-0.2, 0) is 14.3 Å². The molecule has 0 fully saturated rings. The predicted molar refractivity (Wildman–Crippen MR) is 66.8 cm³/mol. The van der Waals surface area contributed by atoms with Gasteiger partial charge in [0, 0.05) is 11.3 Å². The summed E-state index contributed by atoms with van der Waals surface area (Å²) < 4.78 is 4.64. The van der Waals surface area contributed by atoms with Crippen LogP contribution in [0.5, 0.6) is 0 Å². The van der Waals surface area contributed by atoms with Crippen molar-refractivity contribution in [3.63, 3.8) is 0 Å². The summed E-state index contributed by atoms with van der Waals surface area (Å²) in [5, 5.41) is 10.9. The smallest absolute Gasteiger partial charge is 0.329 e. The van der Waals surface area contributed by atoms with E-state index < -0.39 is 24.4 Å². The van der Waals surface area contributed by atoms with Crippen molar-refractivity contribution in [1.82, 2.24) is 0 Å². The van der Waals surface area contributed by atoms with Crippen molar-refractivity contribution in [3.05, 3.63) is 29.3 Å². The topological polar surface area (TPSA) is 119 Å². The van der Waals surface area contributed by atoms with E-state index in [4.69, 9.17) is 10.8 Å². The van der Waals surface area contributed by atoms with Crippen molar-refractivity contribution in [2.45, 2.75) is 6.92 Å². The molecule has 4 N–H and O–H groups in total. The molecule has 1 aromatic carbocycles. The number of primary amides is 1. The van der Waals surface area contributed by atoms with Crippen LogP contribution in [0.1, 0.15) is 15.9 Å². The Hall–Kier alpha value is -2.41. The lowest BCUT2D eigenvalue weighted by atomic mass is 10.1. The van der Waals surface area contributed by atoms with Crippen molar-refractivity contribution in [2.24, 2.45) is 5.73 Å². The molecule has 0 aromatic heterocycles. The first kappa shape index (κ1) is 14.7. The van der Waals surface area contributed by atoms with Gasteiger partial charge in [0.05, 0.1) is 0 Å². The van der Waals surface area contributed by atoms with E-state index in [0.717, 1.165) is 0 Å². The van der Waals surface area contributed by atoms with Gasteiger partial charge < -0.3 is 20.9 Å². The van der Waals surface area contributed by atoms with Crippen molar-refractivity contribution in [3.8, 4) is 0 Å². The van der Waals surface area contributed by atoms with Gasteiger partial charge in [-0.1, -0.05) is 6.07 Å². The first-order valence-electron chi connectivity index (χ1n) is 5.40. The first-order valence-corrected chi connectivity index (χ1v) is 5.40. The number of nitrogens with two attached hydrogens (primary N) is 1. The summed E-state index contributed by atoms with van der Waals surface area (Å²) in [6.07, 6.45) is 0. The number of carbonyl (C=O) groups is 3. The van der Waals surface area contributed by atoms with Gasteiger partial charge in [0.1, 0.15) is 13.2 Å². The Labute approximate surface area is 109 Å². The molecule has 0 aliphatic rings. The number of rotatable bonds is 6. The number of carboxylic acid groups (broad SMARTS) is 1. The van der Waals surface area contributed by atoms with Gasteiger partial charge in [-0.05, 0) is 24.6 Å². The number of anilines is 1. The highest BCUT2D eigenvalue weighted by atomic mass is 16.5. The van der Waals surface area contributed by atoms with E-state index in [1.54, 1.807) is 25.1 Å². The number of amides is 2. The lowest BCUT2D eigenvalue weighted by molar-refractivity contribution is -0.143. The minimum Gasteiger partial charge on any atom is -0.480 e. The second-order valence-electron chi connectivity index (χ2n) is 3.78. The molecule has 7 nitrogen and oxygen atoms in total. The molecule has 0 bridgehead atoms. The van der Waals surface area contributed by atoms with Crippen LogP contribution in [0.15, 0.2) is 18.2 Å². The number of hydrogen-bond donors (Lipinski definition) is 3. The maximum atomic E-state index is 11.5. The molecule has 19 heavy (non-hydrogen) atoms. The fourth-order valence-electron chi connectivity index (χ4n) is 1.46. The average Bonchev–Trinajstić information content (AvgIpc) is 2.31. The molecule has 2 amide bonds. The summed E-state index contributed by atoms with van der Waals surface area (Å²) in [6, 6.07) is 4.74. The lowest BCUT2D eigenvalue weighted by Crippen LogP contribution is -2.22. The highest BCUT2D eigenvalue weighted by molar-refractivity contribution is 5.98. The molecule has 0 atom stereocenters. The molecular formula is C12H14N2O5. The van der Waals surface area contributed by atoms with Crippen LogP contribution in [0, 0.1) is 6.92 Å². The zero-order chi connectivity index (χ0) is 14.4. The fraction of sp³-hybridized carbons (Fsp3) is 0.250. The van der Waals surface area contributed by atoms with E-state index in [9.17, 15) is 14.4 Å². The lowest BCUT2D eigenvalue weighted by Gasteiger charge is -2.10. The number of nitrogens with one attached hydrogen (secondary N) is 1. The summed E-state index contributed by atoms with van der Waals surface area (Å²) in [4.78, 5) is 32.8. The Morgan fingerprint density at radius 3 is 2.58 bits per heavy atom. The first-order chi connectivity index (χ1) is 8.91. The molecule has 0 aliphatic carbocycles. The van der Waals surface area contributed by atoms with Crippen molar-refractivity contribution in [1.29, 1.82) is 0 Å². The zero-order valence-corrected chi connectivity index (χ0v) is 10.3. The van der Waals surface area contributed by atoms with Gasteiger partial charge in [-0.25, -0.2) is 4.79 Å². The number of hydrogen-bond acceptors (Lipinski definition) is 4. The second kappa shape index (κ2) is 6.50. The number of carbonyl (C=O) groups excluding carboxylic acids is 2. The molecule has 0 saturated carbocycles. The molecule has 0 unspecified atom stereocenters. The normalized spacial score (nSPS) is 9.95. The maximum absolute atomic E-state index is 11.5. The monoisotopic (exact) mass is 266 g/mol. The third kappa shape index (κ3) is 4.40. The Morgan fingerprint density at radius 1 is 1.32 bits per heavy atom. The van der Waals surface area contributed by atoms with Crippen LogP contribution in [0.3, 0.4) is 0 Å². The maximum Gasteiger partial charge on any atom is 0.329 e. The van der Waals surface area contributed by atoms with Crippen LogP contribution in [0.4, 0.5) is 5.69 Å². The minimum absolute atomic E-state index is 0.309. The van der Waals surface area contributed by atoms with E-state index in [0.29, 0.717) is 16.8 Å². The van der Waals surface area contributed by atoms with E-state index >= 15 is 0 Å². The number of carboxylic acids is 1. The third-order valence-electron chi connectivity index (χ3n) is 2.33. The molecule has 1 rings (SSSR count). The Morgan fingerprint density at radius 2 is 2.00 bits per heavy atom. The molecule has 1 aromatic rings. The number of benzene rings is 1. The van der Waals surface area contributed by atoms with E-state index in [-0.39, 0.29) is 6.61 Å². The van der Waals surface area contributed by atoms with Gasteiger partial charge in [0.25, 0.3) is 0 Å². The summed E-state index contributed by atoms with van der Waals surface area (Å²) in [7, 11) is 0. The Bertz CT molecular complexity index is 513. The average molecular weight is 266 g/mol. The number of aliphatic carboxylic acids is 1. The van der Waals surface area contributed by atoms with Crippen LogP contribution >= 0.6 is 0 Å². The fourth-order valence-corrected chi connectivity index (χ4v) is 1.46. The highest BCUT2D eigenvalue weighted by Crippen LogP contribution is 2.18. The molecule has 0 saturated heterocycles. The molecular weight excluding hydrogens is 252 g/mol. The summed E-state index contributed by atoms with van der Waals surface area (Å²) in [6.45, 7) is 0.716. The van der Waals surface area contributed by atoms with Crippen molar-refractivity contribution < 1.29 is 24.2 Å². The van der Waals surface area contributed by atoms with Crippen LogP contribution in [0.25, 0.3) is 0 Å². The van der Waals surface area contributed by atoms with Gasteiger partial charge in [0.2, 0.25) is 11.8 Å².